The third-order valence-electron chi connectivity index (χ3n) is 19.7. The van der Waals surface area contributed by atoms with Gasteiger partial charge in [0.1, 0.15) is 0 Å². The van der Waals surface area contributed by atoms with Crippen molar-refractivity contribution >= 4 is 116 Å². The van der Waals surface area contributed by atoms with Crippen LogP contribution in [-0.2, 0) is 0 Å². The summed E-state index contributed by atoms with van der Waals surface area (Å²) in [7, 11) is 0. The second-order valence-corrected chi connectivity index (χ2v) is 25.6. The van der Waals surface area contributed by atoms with Crippen LogP contribution in [0.25, 0.3) is 120 Å². The van der Waals surface area contributed by atoms with Crippen molar-refractivity contribution in [3.05, 3.63) is 394 Å². The zero-order chi connectivity index (χ0) is 65.6. The van der Waals surface area contributed by atoms with E-state index in [0.29, 0.717) is 0 Å². The number of rotatable bonds is 14. The van der Waals surface area contributed by atoms with Gasteiger partial charge in [0.15, 0.2) is 0 Å². The predicted molar refractivity (Wildman–Crippen MR) is 423 cm³/mol. The van der Waals surface area contributed by atoms with Gasteiger partial charge in [-0.2, -0.15) is 0 Å². The molecular formula is C96H65N3. The van der Waals surface area contributed by atoms with Gasteiger partial charge in [0, 0.05) is 51.2 Å². The summed E-state index contributed by atoms with van der Waals surface area (Å²) in [5.41, 5.74) is 21.3. The largest absolute Gasteiger partial charge is 0.310 e. The van der Waals surface area contributed by atoms with E-state index in [2.05, 4.69) is 409 Å². The van der Waals surface area contributed by atoms with E-state index in [-0.39, 0.29) is 0 Å². The van der Waals surface area contributed by atoms with E-state index in [4.69, 9.17) is 0 Å². The Bertz CT molecular complexity index is 5990. The molecule has 0 aliphatic heterocycles. The fourth-order valence-corrected chi connectivity index (χ4v) is 15.0. The molecule has 0 saturated carbocycles. The number of hydrogen-bond donors (Lipinski definition) is 0. The molecule has 0 heterocycles. The quantitative estimate of drug-likeness (QED) is 0.100. The topological polar surface area (TPSA) is 9.72 Å². The molecule has 3 heteroatoms. The van der Waals surface area contributed by atoms with Crippen molar-refractivity contribution in [2.24, 2.45) is 0 Å². The van der Waals surface area contributed by atoms with Crippen LogP contribution in [0.5, 0.6) is 0 Å². The molecule has 0 aliphatic rings. The normalized spacial score (nSPS) is 11.4. The van der Waals surface area contributed by atoms with Crippen LogP contribution in [0.15, 0.2) is 394 Å². The Kier molecular flexibility index (Phi) is 14.9. The van der Waals surface area contributed by atoms with Gasteiger partial charge in [-0.05, 0) is 248 Å². The first-order chi connectivity index (χ1) is 49.1. The highest BCUT2D eigenvalue weighted by atomic mass is 15.2. The average molecular weight is 1260 g/mol. The van der Waals surface area contributed by atoms with Gasteiger partial charge in [-0.3, -0.25) is 0 Å². The molecule has 0 saturated heterocycles. The van der Waals surface area contributed by atoms with E-state index in [1.165, 1.54) is 81.3 Å². The molecule has 99 heavy (non-hydrogen) atoms. The number of fused-ring (bicyclic) bond motifs is 9. The second kappa shape index (κ2) is 25.2. The summed E-state index contributed by atoms with van der Waals surface area (Å²) in [6, 6.07) is 145. The van der Waals surface area contributed by atoms with Crippen LogP contribution < -0.4 is 14.7 Å². The van der Waals surface area contributed by atoms with Crippen molar-refractivity contribution in [3.8, 4) is 55.6 Å². The predicted octanol–water partition coefficient (Wildman–Crippen LogP) is 27.4. The van der Waals surface area contributed by atoms with Crippen molar-refractivity contribution in [2.75, 3.05) is 14.7 Å². The Hall–Kier alpha value is -13.1. The van der Waals surface area contributed by atoms with Crippen LogP contribution >= 0.6 is 0 Å². The minimum atomic E-state index is 1.07. The van der Waals surface area contributed by atoms with E-state index in [1.54, 1.807) is 0 Å². The van der Waals surface area contributed by atoms with Gasteiger partial charge in [0.2, 0.25) is 0 Å². The third kappa shape index (κ3) is 10.9. The fourth-order valence-electron chi connectivity index (χ4n) is 15.0. The molecular weight excluding hydrogens is 1200 g/mol. The molecule has 0 unspecified atom stereocenters. The lowest BCUT2D eigenvalue weighted by Gasteiger charge is -2.27. The lowest BCUT2D eigenvalue weighted by atomic mass is 9.80. The van der Waals surface area contributed by atoms with Gasteiger partial charge < -0.3 is 14.7 Å². The highest BCUT2D eigenvalue weighted by Crippen LogP contribution is 2.52. The molecule has 18 aromatic carbocycles. The molecule has 0 fully saturated rings. The highest BCUT2D eigenvalue weighted by Gasteiger charge is 2.25. The van der Waals surface area contributed by atoms with Crippen molar-refractivity contribution < 1.29 is 0 Å². The number of hydrogen-bond acceptors (Lipinski definition) is 3. The van der Waals surface area contributed by atoms with Crippen molar-refractivity contribution in [2.45, 2.75) is 0 Å². The highest BCUT2D eigenvalue weighted by molar-refractivity contribution is 6.33. The van der Waals surface area contributed by atoms with Gasteiger partial charge in [0.05, 0.1) is 0 Å². The van der Waals surface area contributed by atoms with Crippen molar-refractivity contribution in [3.63, 3.8) is 0 Å². The van der Waals surface area contributed by atoms with E-state index >= 15 is 0 Å². The average Bonchev–Trinajstić information content (AvgIpc) is 0.707. The maximum absolute atomic E-state index is 2.49. The minimum absolute atomic E-state index is 1.07. The smallest absolute Gasteiger partial charge is 0.0468 e. The van der Waals surface area contributed by atoms with Gasteiger partial charge in [0.25, 0.3) is 0 Å². The van der Waals surface area contributed by atoms with E-state index < -0.39 is 0 Å². The Morgan fingerprint density at radius 2 is 0.424 bits per heavy atom. The number of anilines is 9. The van der Waals surface area contributed by atoms with Crippen LogP contribution in [0.4, 0.5) is 51.2 Å². The maximum atomic E-state index is 2.49. The molecule has 0 radical (unpaired) electrons. The van der Waals surface area contributed by atoms with E-state index in [1.807, 2.05) is 0 Å². The standard InChI is InChI=1S/C96H65N3/c1-6-22-66(23-7-1)77-47-58-88-92(63-77)93-64-78(70-38-49-82(50-39-70)97(79-32-10-3-11-33-79)85-55-40-67-24-16-19-29-74(67)60-85)48-59-89(93)96-94(73-45-53-84(54-46-73)99(81-36-14-5-15-37-81)87-57-42-69-26-18-21-31-76(69)62-87)90(71-27-8-2-9-28-71)65-91(95(88)96)72-43-51-83(52-44-72)98(80-34-12-4-13-35-80)86-56-41-68-25-17-20-30-75(68)61-86/h1-65H. The number of benzene rings is 18. The zero-order valence-electron chi connectivity index (χ0n) is 54.4. The summed E-state index contributed by atoms with van der Waals surface area (Å²) >= 11 is 0. The summed E-state index contributed by atoms with van der Waals surface area (Å²) in [6.07, 6.45) is 0. The molecule has 3 nitrogen and oxygen atoms in total. The van der Waals surface area contributed by atoms with Gasteiger partial charge in [-0.15, -0.1) is 0 Å². The Morgan fingerprint density at radius 1 is 0.141 bits per heavy atom. The van der Waals surface area contributed by atoms with E-state index in [0.717, 1.165) is 90.1 Å². The summed E-state index contributed by atoms with van der Waals surface area (Å²) in [5.74, 6) is 0. The first kappa shape index (κ1) is 58.5. The lowest BCUT2D eigenvalue weighted by Crippen LogP contribution is -2.09. The first-order valence-corrected chi connectivity index (χ1v) is 34.0. The van der Waals surface area contributed by atoms with Crippen LogP contribution in [0.1, 0.15) is 0 Å². The molecule has 18 rings (SSSR count). The molecule has 0 bridgehead atoms. The monoisotopic (exact) mass is 1260 g/mol. The molecule has 0 N–H and O–H groups in total. The van der Waals surface area contributed by atoms with Gasteiger partial charge in [-0.1, -0.05) is 267 Å². The number of nitrogens with zero attached hydrogens (tertiary/aromatic N) is 3. The summed E-state index contributed by atoms with van der Waals surface area (Å²) in [6.45, 7) is 0. The minimum Gasteiger partial charge on any atom is -0.310 e. The first-order valence-electron chi connectivity index (χ1n) is 34.0. The summed E-state index contributed by atoms with van der Waals surface area (Å²) in [5, 5.41) is 14.4. The second-order valence-electron chi connectivity index (χ2n) is 25.6. The van der Waals surface area contributed by atoms with Gasteiger partial charge >= 0.3 is 0 Å². The summed E-state index contributed by atoms with van der Waals surface area (Å²) < 4.78 is 0. The summed E-state index contributed by atoms with van der Waals surface area (Å²) in [4.78, 5) is 7.11. The molecule has 0 amide bonds. The van der Waals surface area contributed by atoms with Crippen LogP contribution in [0.2, 0.25) is 0 Å². The van der Waals surface area contributed by atoms with Gasteiger partial charge in [-0.25, -0.2) is 0 Å². The zero-order valence-corrected chi connectivity index (χ0v) is 54.4. The molecule has 0 aromatic heterocycles. The molecule has 0 spiro atoms. The van der Waals surface area contributed by atoms with Crippen LogP contribution in [0.3, 0.4) is 0 Å². The van der Waals surface area contributed by atoms with Crippen molar-refractivity contribution in [1.82, 2.24) is 0 Å². The Balaban J connectivity index is 0.873. The fraction of sp³-hybridized carbons (Fsp3) is 0. The Labute approximate surface area is 576 Å². The SMILES string of the molecule is c1ccc(-c2ccc3c(c2)c2cc(-c4ccc(N(c5ccccc5)c5ccc6ccccc6c5)cc4)ccc2c2c(-c4ccc(N(c5ccccc5)c5ccc6ccccc6c5)cc4)c(-c4ccccc4)cc(-c4ccc(N(c5ccccc5)c5ccc6ccccc6c5)cc4)c32)cc1. The lowest BCUT2D eigenvalue weighted by molar-refractivity contribution is 1.29. The maximum Gasteiger partial charge on any atom is 0.0468 e. The van der Waals surface area contributed by atoms with Crippen LogP contribution in [-0.4, -0.2) is 0 Å². The molecule has 0 aliphatic carbocycles. The Morgan fingerprint density at radius 3 is 0.828 bits per heavy atom. The van der Waals surface area contributed by atoms with Crippen LogP contribution in [0, 0.1) is 0 Å². The molecule has 0 atom stereocenters. The van der Waals surface area contributed by atoms with E-state index in [9.17, 15) is 0 Å². The van der Waals surface area contributed by atoms with Crippen molar-refractivity contribution in [1.29, 1.82) is 0 Å². The molecule has 18 aromatic rings. The molecule has 464 valence electrons. The number of para-hydroxylation sites is 3. The third-order valence-corrected chi connectivity index (χ3v) is 19.7.